The minimum atomic E-state index is -0.220. The van der Waals surface area contributed by atoms with Crippen molar-refractivity contribution in [1.82, 2.24) is 0 Å². The summed E-state index contributed by atoms with van der Waals surface area (Å²) in [6.45, 7) is 0.980. The van der Waals surface area contributed by atoms with Gasteiger partial charge in [-0.3, -0.25) is 0 Å². The lowest BCUT2D eigenvalue weighted by Gasteiger charge is -2.24. The zero-order chi connectivity index (χ0) is 11.5. The number of halogens is 1. The number of nitrogen functional groups attached to an aromatic ring is 1. The number of benzene rings is 1. The molecule has 0 bridgehead atoms. The summed E-state index contributed by atoms with van der Waals surface area (Å²) in [6, 6.07) is 4.56. The predicted molar refractivity (Wildman–Crippen MR) is 66.0 cm³/mol. The highest BCUT2D eigenvalue weighted by molar-refractivity contribution is 5.67. The number of rotatable bonds is 3. The van der Waals surface area contributed by atoms with E-state index in [0.29, 0.717) is 5.69 Å². The van der Waals surface area contributed by atoms with Crippen LogP contribution in [0.4, 0.5) is 15.8 Å². The van der Waals surface area contributed by atoms with E-state index in [2.05, 4.69) is 4.90 Å². The molecule has 1 saturated carbocycles. The standard InChI is InChI=1S/C13H19FN2/c1-16(9-10-4-2-3-5-10)13-8-11(14)6-7-12(13)15/h6-8,10H,2-5,9,15H2,1H3. The summed E-state index contributed by atoms with van der Waals surface area (Å²) in [7, 11) is 1.99. The van der Waals surface area contributed by atoms with E-state index in [0.717, 1.165) is 18.2 Å². The van der Waals surface area contributed by atoms with Crippen LogP contribution < -0.4 is 10.6 Å². The molecule has 16 heavy (non-hydrogen) atoms. The Balaban J connectivity index is 2.07. The van der Waals surface area contributed by atoms with Gasteiger partial charge >= 0.3 is 0 Å². The molecule has 2 N–H and O–H groups in total. The minimum Gasteiger partial charge on any atom is -0.397 e. The first-order chi connectivity index (χ1) is 7.66. The van der Waals surface area contributed by atoms with Crippen molar-refractivity contribution in [2.24, 2.45) is 5.92 Å². The largest absolute Gasteiger partial charge is 0.397 e. The second-order valence-corrected chi connectivity index (χ2v) is 4.73. The molecule has 0 aliphatic heterocycles. The summed E-state index contributed by atoms with van der Waals surface area (Å²) in [4.78, 5) is 2.08. The lowest BCUT2D eigenvalue weighted by Crippen LogP contribution is -2.24. The Labute approximate surface area is 96.2 Å². The van der Waals surface area contributed by atoms with Crippen LogP contribution >= 0.6 is 0 Å². The van der Waals surface area contributed by atoms with E-state index in [9.17, 15) is 4.39 Å². The Morgan fingerprint density at radius 2 is 2.06 bits per heavy atom. The summed E-state index contributed by atoms with van der Waals surface area (Å²) in [5.41, 5.74) is 7.32. The summed E-state index contributed by atoms with van der Waals surface area (Å²) < 4.78 is 13.1. The van der Waals surface area contributed by atoms with Gasteiger partial charge < -0.3 is 10.6 Å². The van der Waals surface area contributed by atoms with E-state index in [1.54, 1.807) is 6.07 Å². The number of nitrogens with zero attached hydrogens (tertiary/aromatic N) is 1. The van der Waals surface area contributed by atoms with Crippen LogP contribution in [0.1, 0.15) is 25.7 Å². The van der Waals surface area contributed by atoms with Gasteiger partial charge in [0.15, 0.2) is 0 Å². The smallest absolute Gasteiger partial charge is 0.125 e. The molecule has 3 heteroatoms. The van der Waals surface area contributed by atoms with Crippen molar-refractivity contribution in [1.29, 1.82) is 0 Å². The molecule has 1 aliphatic rings. The van der Waals surface area contributed by atoms with Crippen LogP contribution in [-0.2, 0) is 0 Å². The Kier molecular flexibility index (Phi) is 3.32. The SMILES string of the molecule is CN(CC1CCCC1)c1cc(F)ccc1N. The maximum absolute atomic E-state index is 13.1. The van der Waals surface area contributed by atoms with Crippen LogP contribution in [0.15, 0.2) is 18.2 Å². The van der Waals surface area contributed by atoms with Gasteiger partial charge in [-0.05, 0) is 37.0 Å². The highest BCUT2D eigenvalue weighted by atomic mass is 19.1. The average molecular weight is 222 g/mol. The third-order valence-electron chi connectivity index (χ3n) is 3.41. The molecule has 0 aromatic heterocycles. The average Bonchev–Trinajstić information content (AvgIpc) is 2.74. The van der Waals surface area contributed by atoms with Crippen molar-refractivity contribution in [2.45, 2.75) is 25.7 Å². The lowest BCUT2D eigenvalue weighted by molar-refractivity contribution is 0.546. The van der Waals surface area contributed by atoms with Gasteiger partial charge in [-0.1, -0.05) is 12.8 Å². The molecule has 1 aliphatic carbocycles. The molecule has 0 spiro atoms. The van der Waals surface area contributed by atoms with E-state index in [1.807, 2.05) is 7.05 Å². The van der Waals surface area contributed by atoms with Gasteiger partial charge in [0.2, 0.25) is 0 Å². The molecular formula is C13H19FN2. The topological polar surface area (TPSA) is 29.3 Å². The van der Waals surface area contributed by atoms with Gasteiger partial charge in [-0.25, -0.2) is 4.39 Å². The first-order valence-electron chi connectivity index (χ1n) is 5.93. The van der Waals surface area contributed by atoms with Crippen molar-refractivity contribution in [2.75, 3.05) is 24.2 Å². The van der Waals surface area contributed by atoms with Gasteiger partial charge in [0, 0.05) is 13.6 Å². The quantitative estimate of drug-likeness (QED) is 0.796. The van der Waals surface area contributed by atoms with Crippen LogP contribution in [0.3, 0.4) is 0 Å². The maximum Gasteiger partial charge on any atom is 0.125 e. The molecule has 0 unspecified atom stereocenters. The van der Waals surface area contributed by atoms with Gasteiger partial charge in [0.1, 0.15) is 5.82 Å². The van der Waals surface area contributed by atoms with Crippen molar-refractivity contribution in [3.05, 3.63) is 24.0 Å². The number of anilines is 2. The Morgan fingerprint density at radius 3 is 2.75 bits per heavy atom. The van der Waals surface area contributed by atoms with E-state index in [-0.39, 0.29) is 5.82 Å². The Hall–Kier alpha value is -1.25. The monoisotopic (exact) mass is 222 g/mol. The molecule has 0 radical (unpaired) electrons. The van der Waals surface area contributed by atoms with Crippen LogP contribution in [0.5, 0.6) is 0 Å². The second kappa shape index (κ2) is 4.73. The molecule has 0 atom stereocenters. The van der Waals surface area contributed by atoms with Crippen LogP contribution in [-0.4, -0.2) is 13.6 Å². The van der Waals surface area contributed by atoms with Gasteiger partial charge in [0.05, 0.1) is 11.4 Å². The Bertz CT molecular complexity index is 359. The summed E-state index contributed by atoms with van der Waals surface area (Å²) in [5.74, 6) is 0.523. The number of nitrogens with two attached hydrogens (primary N) is 1. The zero-order valence-corrected chi connectivity index (χ0v) is 9.75. The van der Waals surface area contributed by atoms with E-state index in [4.69, 9.17) is 5.73 Å². The fraction of sp³-hybridized carbons (Fsp3) is 0.538. The van der Waals surface area contributed by atoms with Crippen molar-refractivity contribution in [3.63, 3.8) is 0 Å². The summed E-state index contributed by atoms with van der Waals surface area (Å²) >= 11 is 0. The van der Waals surface area contributed by atoms with Gasteiger partial charge in [0.25, 0.3) is 0 Å². The highest BCUT2D eigenvalue weighted by Crippen LogP contribution is 2.29. The molecule has 1 aromatic rings. The fourth-order valence-electron chi connectivity index (χ4n) is 2.53. The first kappa shape index (κ1) is 11.2. The van der Waals surface area contributed by atoms with Gasteiger partial charge in [-0.15, -0.1) is 0 Å². The van der Waals surface area contributed by atoms with Crippen LogP contribution in [0.2, 0.25) is 0 Å². The summed E-state index contributed by atoms with van der Waals surface area (Å²) in [6.07, 6.45) is 5.24. The molecule has 0 heterocycles. The molecule has 88 valence electrons. The van der Waals surface area contributed by atoms with E-state index in [1.165, 1.54) is 37.8 Å². The predicted octanol–water partition coefficient (Wildman–Crippen LogP) is 3.03. The van der Waals surface area contributed by atoms with E-state index < -0.39 is 0 Å². The highest BCUT2D eigenvalue weighted by Gasteiger charge is 2.18. The van der Waals surface area contributed by atoms with Crippen molar-refractivity contribution in [3.8, 4) is 0 Å². The molecule has 0 amide bonds. The summed E-state index contributed by atoms with van der Waals surface area (Å²) in [5, 5.41) is 0. The zero-order valence-electron chi connectivity index (χ0n) is 9.75. The van der Waals surface area contributed by atoms with Crippen molar-refractivity contribution >= 4 is 11.4 Å². The molecular weight excluding hydrogens is 203 g/mol. The van der Waals surface area contributed by atoms with Crippen molar-refractivity contribution < 1.29 is 4.39 Å². The van der Waals surface area contributed by atoms with Gasteiger partial charge in [-0.2, -0.15) is 0 Å². The molecule has 1 aromatic carbocycles. The van der Waals surface area contributed by atoms with Crippen LogP contribution in [0.25, 0.3) is 0 Å². The first-order valence-corrected chi connectivity index (χ1v) is 5.93. The molecule has 2 nitrogen and oxygen atoms in total. The normalized spacial score (nSPS) is 16.6. The molecule has 1 fully saturated rings. The minimum absolute atomic E-state index is 0.220. The second-order valence-electron chi connectivity index (χ2n) is 4.73. The maximum atomic E-state index is 13.1. The number of hydrogen-bond donors (Lipinski definition) is 1. The molecule has 2 rings (SSSR count). The third-order valence-corrected chi connectivity index (χ3v) is 3.41. The number of hydrogen-bond acceptors (Lipinski definition) is 2. The fourth-order valence-corrected chi connectivity index (χ4v) is 2.53. The third kappa shape index (κ3) is 2.46. The Morgan fingerprint density at radius 1 is 1.38 bits per heavy atom. The van der Waals surface area contributed by atoms with Crippen LogP contribution in [0, 0.1) is 11.7 Å². The lowest BCUT2D eigenvalue weighted by atomic mass is 10.1. The van der Waals surface area contributed by atoms with E-state index >= 15 is 0 Å². The molecule has 0 saturated heterocycles.